The minimum Gasteiger partial charge on any atom is -0.477 e. The molecule has 0 aromatic carbocycles. The summed E-state index contributed by atoms with van der Waals surface area (Å²) in [6, 6.07) is -0.745. The number of carbonyl (C=O) groups excluding carboxylic acids is 2. The van der Waals surface area contributed by atoms with Crippen LogP contribution in [0.25, 0.3) is 0 Å². The van der Waals surface area contributed by atoms with Gasteiger partial charge in [-0.05, 0) is 26.3 Å². The van der Waals surface area contributed by atoms with Gasteiger partial charge in [-0.1, -0.05) is 22.6 Å². The fourth-order valence-electron chi connectivity index (χ4n) is 2.22. The SMILES string of the molecule is CC(C)(C)OC(=O)N[C@@H]1C(=O)N2C(C(=O)O)=C(CI)CS[C@@H]12. The van der Waals surface area contributed by atoms with Crippen molar-refractivity contribution < 1.29 is 24.2 Å². The Balaban J connectivity index is 2.10. The summed E-state index contributed by atoms with van der Waals surface area (Å²) in [5, 5.41) is 11.5. The first-order chi connectivity index (χ1) is 10.2. The molecule has 1 fully saturated rings. The van der Waals surface area contributed by atoms with E-state index in [1.54, 1.807) is 20.8 Å². The van der Waals surface area contributed by atoms with Crippen LogP contribution in [0.4, 0.5) is 4.79 Å². The number of hydrogen-bond acceptors (Lipinski definition) is 5. The Labute approximate surface area is 146 Å². The summed E-state index contributed by atoms with van der Waals surface area (Å²) < 4.78 is 5.68. The third-order valence-corrected chi connectivity index (χ3v) is 5.34. The van der Waals surface area contributed by atoms with Crippen molar-refractivity contribution in [3.8, 4) is 0 Å². The molecule has 0 spiro atoms. The standard InChI is InChI=1S/C13H17IN2O5S/c1-13(2,3)21-12(20)15-7-9(17)16-8(11(18)19)6(4-14)5-22-10(7)16/h7,10H,4-5H2,1-3H3,(H,15,20)(H,18,19)/t7-,10+/m1/s1. The molecule has 2 amide bonds. The predicted octanol–water partition coefficient (Wildman–Crippen LogP) is 1.57. The van der Waals surface area contributed by atoms with Gasteiger partial charge in [0.25, 0.3) is 5.91 Å². The Morgan fingerprint density at radius 2 is 2.14 bits per heavy atom. The number of aliphatic carboxylic acids is 1. The molecule has 9 heteroatoms. The number of fused-ring (bicyclic) bond motifs is 1. The number of halogens is 1. The van der Waals surface area contributed by atoms with Gasteiger partial charge in [0, 0.05) is 10.2 Å². The zero-order valence-corrected chi connectivity index (χ0v) is 15.4. The van der Waals surface area contributed by atoms with Crippen molar-refractivity contribution in [2.45, 2.75) is 37.8 Å². The van der Waals surface area contributed by atoms with E-state index in [9.17, 15) is 19.5 Å². The largest absolute Gasteiger partial charge is 0.477 e. The summed E-state index contributed by atoms with van der Waals surface area (Å²) in [6.07, 6.45) is -0.674. The van der Waals surface area contributed by atoms with E-state index in [0.29, 0.717) is 10.2 Å². The number of hydrogen-bond donors (Lipinski definition) is 2. The highest BCUT2D eigenvalue weighted by Crippen LogP contribution is 2.40. The van der Waals surface area contributed by atoms with Gasteiger partial charge in [0.15, 0.2) is 0 Å². The molecule has 0 aromatic heterocycles. The number of ether oxygens (including phenoxy) is 1. The van der Waals surface area contributed by atoms with Gasteiger partial charge in [-0.2, -0.15) is 0 Å². The fourth-order valence-corrected chi connectivity index (χ4v) is 4.56. The van der Waals surface area contributed by atoms with Crippen molar-refractivity contribution in [3.05, 3.63) is 11.3 Å². The Bertz CT molecular complexity index is 557. The molecule has 7 nitrogen and oxygen atoms in total. The summed E-state index contributed by atoms with van der Waals surface area (Å²) in [5.41, 5.74) is 0.111. The number of carboxylic acids is 1. The molecule has 0 unspecified atom stereocenters. The van der Waals surface area contributed by atoms with Crippen LogP contribution in [0.15, 0.2) is 11.3 Å². The molecule has 2 atom stereocenters. The molecule has 0 aliphatic carbocycles. The maximum Gasteiger partial charge on any atom is 0.408 e. The zero-order chi connectivity index (χ0) is 16.7. The average Bonchev–Trinajstić information content (AvgIpc) is 2.40. The van der Waals surface area contributed by atoms with Crippen LogP contribution >= 0.6 is 34.4 Å². The van der Waals surface area contributed by atoms with Crippen LogP contribution in [0.3, 0.4) is 0 Å². The second-order valence-corrected chi connectivity index (χ2v) is 7.79. The molecule has 2 heterocycles. The van der Waals surface area contributed by atoms with Gasteiger partial charge < -0.3 is 15.2 Å². The molecule has 22 heavy (non-hydrogen) atoms. The van der Waals surface area contributed by atoms with Crippen molar-refractivity contribution in [1.82, 2.24) is 10.2 Å². The number of carbonyl (C=O) groups is 3. The highest BCUT2D eigenvalue weighted by Gasteiger charge is 2.54. The van der Waals surface area contributed by atoms with E-state index >= 15 is 0 Å². The number of nitrogens with one attached hydrogen (secondary N) is 1. The lowest BCUT2D eigenvalue weighted by Gasteiger charge is -2.49. The van der Waals surface area contributed by atoms with Gasteiger partial charge in [0.05, 0.1) is 0 Å². The third-order valence-electron chi connectivity index (χ3n) is 3.08. The quantitative estimate of drug-likeness (QED) is 0.393. The molecule has 2 aliphatic heterocycles. The molecule has 2 aliphatic rings. The molecule has 0 aromatic rings. The lowest BCUT2D eigenvalue weighted by atomic mass is 10.0. The Hall–Kier alpha value is -0.970. The molecule has 122 valence electrons. The molecule has 2 N–H and O–H groups in total. The van der Waals surface area contributed by atoms with Crippen LogP contribution in [-0.2, 0) is 14.3 Å². The van der Waals surface area contributed by atoms with E-state index < -0.39 is 35.0 Å². The van der Waals surface area contributed by atoms with E-state index in [1.165, 1.54) is 16.7 Å². The number of alkyl carbamates (subject to hydrolysis) is 1. The second-order valence-electron chi connectivity index (χ2n) is 5.92. The molecule has 1 saturated heterocycles. The van der Waals surface area contributed by atoms with E-state index in [1.807, 2.05) is 0 Å². The summed E-state index contributed by atoms with van der Waals surface area (Å²) in [7, 11) is 0. The normalized spacial score (nSPS) is 24.5. The van der Waals surface area contributed by atoms with Crippen LogP contribution in [0.1, 0.15) is 20.8 Å². The van der Waals surface area contributed by atoms with Crippen molar-refractivity contribution >= 4 is 52.3 Å². The number of alkyl halides is 1. The fraction of sp³-hybridized carbons (Fsp3) is 0.615. The van der Waals surface area contributed by atoms with E-state index in [4.69, 9.17) is 4.74 Å². The number of carboxylic acid groups (broad SMARTS) is 1. The van der Waals surface area contributed by atoms with Gasteiger partial charge in [-0.25, -0.2) is 9.59 Å². The minimum atomic E-state index is -1.11. The van der Waals surface area contributed by atoms with Crippen LogP contribution in [0.5, 0.6) is 0 Å². The smallest absolute Gasteiger partial charge is 0.408 e. The third kappa shape index (κ3) is 3.34. The Morgan fingerprint density at radius 1 is 1.50 bits per heavy atom. The first-order valence-corrected chi connectivity index (χ1v) is 9.18. The maximum absolute atomic E-state index is 12.2. The zero-order valence-electron chi connectivity index (χ0n) is 12.4. The number of amides is 2. The van der Waals surface area contributed by atoms with Crippen LogP contribution in [-0.4, -0.2) is 55.2 Å². The molecule has 0 saturated carbocycles. The van der Waals surface area contributed by atoms with Gasteiger partial charge in [-0.3, -0.25) is 9.69 Å². The topological polar surface area (TPSA) is 95.9 Å². The summed E-state index contributed by atoms with van der Waals surface area (Å²) in [4.78, 5) is 36.6. The van der Waals surface area contributed by atoms with Gasteiger partial charge >= 0.3 is 12.1 Å². The Morgan fingerprint density at radius 3 is 2.64 bits per heavy atom. The number of rotatable bonds is 3. The predicted molar refractivity (Wildman–Crippen MR) is 89.8 cm³/mol. The lowest BCUT2D eigenvalue weighted by Crippen LogP contribution is -2.70. The van der Waals surface area contributed by atoms with Crippen LogP contribution in [0.2, 0.25) is 0 Å². The summed E-state index contributed by atoms with van der Waals surface area (Å²) in [5.74, 6) is -0.991. The number of thioether (sulfide) groups is 1. The summed E-state index contributed by atoms with van der Waals surface area (Å²) >= 11 is 3.53. The van der Waals surface area contributed by atoms with Gasteiger partial charge in [-0.15, -0.1) is 11.8 Å². The molecular weight excluding hydrogens is 423 g/mol. The van der Waals surface area contributed by atoms with Crippen LogP contribution < -0.4 is 5.32 Å². The van der Waals surface area contributed by atoms with Crippen molar-refractivity contribution in [2.75, 3.05) is 10.2 Å². The lowest BCUT2D eigenvalue weighted by molar-refractivity contribution is -0.149. The molecule has 0 radical (unpaired) electrons. The second kappa shape index (κ2) is 6.26. The van der Waals surface area contributed by atoms with Crippen LogP contribution in [0, 0.1) is 0 Å². The monoisotopic (exact) mass is 440 g/mol. The highest BCUT2D eigenvalue weighted by molar-refractivity contribution is 14.1. The maximum atomic E-state index is 12.2. The van der Waals surface area contributed by atoms with Crippen molar-refractivity contribution in [3.63, 3.8) is 0 Å². The molecule has 0 bridgehead atoms. The first kappa shape index (κ1) is 17.4. The van der Waals surface area contributed by atoms with Gasteiger partial charge in [0.2, 0.25) is 0 Å². The Kier molecular flexibility index (Phi) is 4.95. The summed E-state index contributed by atoms with van der Waals surface area (Å²) in [6.45, 7) is 5.19. The highest BCUT2D eigenvalue weighted by atomic mass is 127. The number of β-lactam (4-membered cyclic amide) rings is 1. The van der Waals surface area contributed by atoms with E-state index in [0.717, 1.165) is 5.57 Å². The van der Waals surface area contributed by atoms with Crippen molar-refractivity contribution in [2.24, 2.45) is 0 Å². The minimum absolute atomic E-state index is 0.0467. The molecule has 2 rings (SSSR count). The average molecular weight is 440 g/mol. The molecular formula is C13H17IN2O5S. The van der Waals surface area contributed by atoms with Crippen molar-refractivity contribution in [1.29, 1.82) is 0 Å². The van der Waals surface area contributed by atoms with E-state index in [2.05, 4.69) is 27.9 Å². The number of nitrogens with zero attached hydrogens (tertiary/aromatic N) is 1. The first-order valence-electron chi connectivity index (χ1n) is 6.61. The van der Waals surface area contributed by atoms with E-state index in [-0.39, 0.29) is 5.70 Å². The van der Waals surface area contributed by atoms with Gasteiger partial charge in [0.1, 0.15) is 22.7 Å².